The fraction of sp³-hybridized carbons (Fsp3) is 0.636. The Hall–Kier alpha value is -2.94. The number of carbonyl (C=O) groups excluding carboxylic acids is 1. The monoisotopic (exact) mass is 455 g/mol. The standard InChI is InChI=1S/C22H25N5O6/c1-21(2)31-17-16(14-3-4-15-19(24)25-10-26-27(14)15)32-22(8-23,18(17)33-21)9-29-20(28)30-13-6-11-5-12(11)7-13/h3-4,10-13,16-18H,5-7,9H2,1-2H3,(H2,24,25,26)/t11-,12+,13+,16-,17-,18-,22+/m0/s1. The Kier molecular flexibility index (Phi) is 4.40. The Bertz CT molecular complexity index is 1150. The Labute approximate surface area is 189 Å². The van der Waals surface area contributed by atoms with Gasteiger partial charge in [-0.25, -0.2) is 14.3 Å². The van der Waals surface area contributed by atoms with Crippen molar-refractivity contribution in [1.29, 1.82) is 5.26 Å². The summed E-state index contributed by atoms with van der Waals surface area (Å²) in [5.74, 6) is 0.714. The van der Waals surface area contributed by atoms with Gasteiger partial charge in [-0.3, -0.25) is 0 Å². The van der Waals surface area contributed by atoms with Crippen LogP contribution in [0.4, 0.5) is 10.6 Å². The summed E-state index contributed by atoms with van der Waals surface area (Å²) >= 11 is 0. The van der Waals surface area contributed by atoms with Crippen LogP contribution in [0.15, 0.2) is 18.5 Å². The van der Waals surface area contributed by atoms with E-state index >= 15 is 0 Å². The molecular formula is C22H25N5O6. The van der Waals surface area contributed by atoms with Gasteiger partial charge in [-0.15, -0.1) is 0 Å². The first-order valence-electron chi connectivity index (χ1n) is 11.1. The van der Waals surface area contributed by atoms with E-state index in [-0.39, 0.29) is 12.7 Å². The normalized spacial score (nSPS) is 38.0. The number of hydrogen-bond acceptors (Lipinski definition) is 10. The van der Waals surface area contributed by atoms with Gasteiger partial charge < -0.3 is 29.4 Å². The first-order chi connectivity index (χ1) is 15.8. The second-order valence-electron chi connectivity index (χ2n) is 9.77. The second kappa shape index (κ2) is 7.03. The highest BCUT2D eigenvalue weighted by Crippen LogP contribution is 2.53. The number of fused-ring (bicyclic) bond motifs is 3. The zero-order valence-corrected chi connectivity index (χ0v) is 18.3. The maximum atomic E-state index is 12.4. The number of carbonyl (C=O) groups is 1. The molecule has 2 saturated heterocycles. The van der Waals surface area contributed by atoms with Crippen molar-refractivity contribution in [3.63, 3.8) is 0 Å². The summed E-state index contributed by atoms with van der Waals surface area (Å²) in [7, 11) is 0. The molecule has 0 amide bonds. The van der Waals surface area contributed by atoms with Crippen LogP contribution in [0.3, 0.4) is 0 Å². The zero-order chi connectivity index (χ0) is 23.0. The number of ether oxygens (including phenoxy) is 5. The van der Waals surface area contributed by atoms with Gasteiger partial charge in [0.1, 0.15) is 48.9 Å². The number of rotatable bonds is 4. The van der Waals surface area contributed by atoms with Gasteiger partial charge >= 0.3 is 6.16 Å². The van der Waals surface area contributed by atoms with Gasteiger partial charge in [-0.2, -0.15) is 10.4 Å². The molecule has 2 aromatic heterocycles. The van der Waals surface area contributed by atoms with Gasteiger partial charge in [-0.05, 0) is 57.1 Å². The molecule has 2 aliphatic heterocycles. The molecule has 0 aromatic carbocycles. The third-order valence-corrected chi connectivity index (χ3v) is 7.08. The summed E-state index contributed by atoms with van der Waals surface area (Å²) in [5, 5.41) is 14.4. The third kappa shape index (κ3) is 3.32. The molecule has 0 unspecified atom stereocenters. The maximum Gasteiger partial charge on any atom is 0.508 e. The summed E-state index contributed by atoms with van der Waals surface area (Å²) in [6.07, 6.45) is 1.27. The molecule has 174 valence electrons. The van der Waals surface area contributed by atoms with Gasteiger partial charge in [-0.1, -0.05) is 0 Å². The number of nitrogens with two attached hydrogens (primary N) is 1. The zero-order valence-electron chi connectivity index (χ0n) is 18.3. The number of aromatic nitrogens is 3. The van der Waals surface area contributed by atoms with Crippen LogP contribution >= 0.6 is 0 Å². The van der Waals surface area contributed by atoms with Crippen molar-refractivity contribution in [3.05, 3.63) is 24.2 Å². The summed E-state index contributed by atoms with van der Waals surface area (Å²) in [6.45, 7) is 3.18. The minimum Gasteiger partial charge on any atom is -0.431 e. The molecule has 11 nitrogen and oxygen atoms in total. The fourth-order valence-corrected chi connectivity index (χ4v) is 5.48. The topological polar surface area (TPSA) is 143 Å². The van der Waals surface area contributed by atoms with Gasteiger partial charge in [0.15, 0.2) is 11.6 Å². The minimum atomic E-state index is -1.58. The van der Waals surface area contributed by atoms with Crippen LogP contribution < -0.4 is 5.73 Å². The van der Waals surface area contributed by atoms with E-state index in [9.17, 15) is 10.1 Å². The molecular weight excluding hydrogens is 430 g/mol. The SMILES string of the molecule is CC1(C)O[C@H]2[C@H](c3ccc4c(N)ncnn34)O[C@](C#N)(COC(=O)O[C@@H]3C[C@@H]4C[C@@H]4C3)[C@H]2O1. The van der Waals surface area contributed by atoms with Gasteiger partial charge in [0.05, 0.1) is 5.69 Å². The number of nitrogens with zero attached hydrogens (tertiary/aromatic N) is 4. The van der Waals surface area contributed by atoms with E-state index < -0.39 is 35.9 Å². The lowest BCUT2D eigenvalue weighted by atomic mass is 9.96. The van der Waals surface area contributed by atoms with E-state index in [1.165, 1.54) is 12.7 Å². The van der Waals surface area contributed by atoms with Gasteiger partial charge in [0.25, 0.3) is 0 Å². The Morgan fingerprint density at radius 2 is 2.06 bits per heavy atom. The second-order valence-corrected chi connectivity index (χ2v) is 9.77. The van der Waals surface area contributed by atoms with E-state index in [1.807, 2.05) is 0 Å². The van der Waals surface area contributed by atoms with Crippen LogP contribution in [-0.2, 0) is 23.7 Å². The van der Waals surface area contributed by atoms with E-state index in [1.54, 1.807) is 30.5 Å². The molecule has 0 bridgehead atoms. The number of hydrogen-bond donors (Lipinski definition) is 1. The molecule has 6 rings (SSSR count). The fourth-order valence-electron chi connectivity index (χ4n) is 5.48. The van der Waals surface area contributed by atoms with E-state index in [2.05, 4.69) is 16.2 Å². The van der Waals surface area contributed by atoms with Crippen molar-refractivity contribution in [2.45, 2.75) is 68.9 Å². The predicted octanol–water partition coefficient (Wildman–Crippen LogP) is 2.12. The van der Waals surface area contributed by atoms with Crippen LogP contribution in [0.5, 0.6) is 0 Å². The van der Waals surface area contributed by atoms with E-state index in [0.717, 1.165) is 12.8 Å². The molecule has 2 saturated carbocycles. The molecule has 33 heavy (non-hydrogen) atoms. The van der Waals surface area contributed by atoms with Gasteiger partial charge in [0, 0.05) is 0 Å². The molecule has 0 radical (unpaired) electrons. The molecule has 4 heterocycles. The lowest BCUT2D eigenvalue weighted by molar-refractivity contribution is -0.206. The van der Waals surface area contributed by atoms with E-state index in [0.29, 0.717) is 28.9 Å². The first kappa shape index (κ1) is 20.7. The quantitative estimate of drug-likeness (QED) is 0.681. The average molecular weight is 455 g/mol. The minimum absolute atomic E-state index is 0.119. The van der Waals surface area contributed by atoms with Crippen molar-refractivity contribution in [2.75, 3.05) is 12.3 Å². The molecule has 2 aromatic rings. The molecule has 2 aliphatic carbocycles. The van der Waals surface area contributed by atoms with Crippen molar-refractivity contribution in [1.82, 2.24) is 14.6 Å². The molecule has 4 aliphatic rings. The van der Waals surface area contributed by atoms with Crippen molar-refractivity contribution >= 4 is 17.5 Å². The van der Waals surface area contributed by atoms with Gasteiger partial charge in [0.2, 0.25) is 5.60 Å². The molecule has 11 heteroatoms. The van der Waals surface area contributed by atoms with Crippen LogP contribution in [0, 0.1) is 23.2 Å². The number of anilines is 1. The van der Waals surface area contributed by atoms with E-state index in [4.69, 9.17) is 29.4 Å². The third-order valence-electron chi connectivity index (χ3n) is 7.08. The predicted molar refractivity (Wildman–Crippen MR) is 110 cm³/mol. The first-order valence-corrected chi connectivity index (χ1v) is 11.1. The molecule has 4 fully saturated rings. The highest BCUT2D eigenvalue weighted by molar-refractivity contribution is 5.65. The Balaban J connectivity index is 1.25. The summed E-state index contributed by atoms with van der Waals surface area (Å²) in [4.78, 5) is 16.4. The summed E-state index contributed by atoms with van der Waals surface area (Å²) < 4.78 is 30.8. The van der Waals surface area contributed by atoms with Crippen molar-refractivity contribution in [2.24, 2.45) is 11.8 Å². The smallest absolute Gasteiger partial charge is 0.431 e. The summed E-state index contributed by atoms with van der Waals surface area (Å²) in [5.41, 5.74) is 5.62. The Morgan fingerprint density at radius 3 is 2.82 bits per heavy atom. The van der Waals surface area contributed by atoms with Crippen molar-refractivity contribution < 1.29 is 28.5 Å². The van der Waals surface area contributed by atoms with Crippen LogP contribution in [0.1, 0.15) is 44.9 Å². The van der Waals surface area contributed by atoms with Crippen LogP contribution in [-0.4, -0.2) is 57.1 Å². The highest BCUT2D eigenvalue weighted by atomic mass is 16.8. The molecule has 0 spiro atoms. The molecule has 2 N–H and O–H groups in total. The Morgan fingerprint density at radius 1 is 1.27 bits per heavy atom. The molecule has 7 atom stereocenters. The number of nitrogen functional groups attached to an aromatic ring is 1. The highest BCUT2D eigenvalue weighted by Gasteiger charge is 2.65. The van der Waals surface area contributed by atoms with Crippen molar-refractivity contribution in [3.8, 4) is 6.07 Å². The van der Waals surface area contributed by atoms with Crippen LogP contribution in [0.25, 0.3) is 5.52 Å². The lowest BCUT2D eigenvalue weighted by Gasteiger charge is -2.28. The average Bonchev–Trinajstić information content (AvgIpc) is 3.12. The maximum absolute atomic E-state index is 12.4. The lowest BCUT2D eigenvalue weighted by Crippen LogP contribution is -2.46. The summed E-state index contributed by atoms with van der Waals surface area (Å²) in [6, 6.07) is 5.75. The largest absolute Gasteiger partial charge is 0.508 e. The number of nitriles is 1. The van der Waals surface area contributed by atoms with Crippen LogP contribution in [0.2, 0.25) is 0 Å².